The van der Waals surface area contributed by atoms with Gasteiger partial charge in [0.05, 0.1) is 30.0 Å². The highest BCUT2D eigenvalue weighted by molar-refractivity contribution is 5.90. The molecule has 0 aliphatic carbocycles. The topological polar surface area (TPSA) is 102 Å². The van der Waals surface area contributed by atoms with Gasteiger partial charge in [0.1, 0.15) is 5.82 Å². The lowest BCUT2D eigenvalue weighted by atomic mass is 10.1. The van der Waals surface area contributed by atoms with Crippen LogP contribution in [0.2, 0.25) is 0 Å². The third kappa shape index (κ3) is 4.13. The third-order valence-electron chi connectivity index (χ3n) is 2.32. The van der Waals surface area contributed by atoms with Gasteiger partial charge in [-0.25, -0.2) is 9.18 Å². The van der Waals surface area contributed by atoms with Gasteiger partial charge in [-0.15, -0.1) is 0 Å². The maximum Gasteiger partial charge on any atom is 0.338 e. The summed E-state index contributed by atoms with van der Waals surface area (Å²) in [6.45, 7) is 2.21. The monoisotopic (exact) mass is 270 g/mol. The van der Waals surface area contributed by atoms with Crippen molar-refractivity contribution in [3.8, 4) is 0 Å². The minimum atomic E-state index is -1.39. The predicted molar refractivity (Wildman–Crippen MR) is 67.5 cm³/mol. The van der Waals surface area contributed by atoms with Crippen molar-refractivity contribution in [3.05, 3.63) is 23.5 Å². The first kappa shape index (κ1) is 14.7. The molecule has 0 saturated heterocycles. The molecule has 0 saturated carbocycles. The van der Waals surface area contributed by atoms with Crippen LogP contribution < -0.4 is 11.1 Å². The zero-order valence-corrected chi connectivity index (χ0v) is 10.4. The van der Waals surface area contributed by atoms with Gasteiger partial charge >= 0.3 is 11.9 Å². The van der Waals surface area contributed by atoms with E-state index in [1.807, 2.05) is 0 Å². The Morgan fingerprint density at radius 1 is 1.47 bits per heavy atom. The van der Waals surface area contributed by atoms with E-state index in [2.05, 4.69) is 5.32 Å². The molecule has 1 rings (SSSR count). The summed E-state index contributed by atoms with van der Waals surface area (Å²) in [5, 5.41) is 11.5. The van der Waals surface area contributed by atoms with Crippen molar-refractivity contribution in [1.82, 2.24) is 0 Å². The molecule has 0 fully saturated rings. The van der Waals surface area contributed by atoms with E-state index in [-0.39, 0.29) is 30.3 Å². The second-order valence-electron chi connectivity index (χ2n) is 3.71. The van der Waals surface area contributed by atoms with Gasteiger partial charge in [-0.1, -0.05) is 0 Å². The minimum Gasteiger partial charge on any atom is -0.478 e. The van der Waals surface area contributed by atoms with Gasteiger partial charge in [0.15, 0.2) is 0 Å². The van der Waals surface area contributed by atoms with Gasteiger partial charge in [-0.3, -0.25) is 4.79 Å². The van der Waals surface area contributed by atoms with E-state index in [0.29, 0.717) is 6.61 Å². The number of carbonyl (C=O) groups excluding carboxylic acids is 1. The van der Waals surface area contributed by atoms with E-state index in [1.165, 1.54) is 0 Å². The first-order valence-electron chi connectivity index (χ1n) is 5.67. The van der Waals surface area contributed by atoms with E-state index >= 15 is 0 Å². The smallest absolute Gasteiger partial charge is 0.338 e. The molecule has 0 radical (unpaired) electrons. The number of hydrogen-bond acceptors (Lipinski definition) is 5. The normalized spacial score (nSPS) is 10.0. The highest BCUT2D eigenvalue weighted by Crippen LogP contribution is 2.23. The molecule has 4 N–H and O–H groups in total. The van der Waals surface area contributed by atoms with Gasteiger partial charge in [0.2, 0.25) is 0 Å². The number of carboxylic acids is 1. The number of esters is 1. The molecule has 7 heteroatoms. The van der Waals surface area contributed by atoms with E-state index < -0.39 is 17.3 Å². The number of aromatic carboxylic acids is 1. The summed E-state index contributed by atoms with van der Waals surface area (Å²) >= 11 is 0. The standard InChI is InChI=1S/C12H15FN2O4/c1-2-19-11(16)3-4-15-10-6-8(13)7(12(17)18)5-9(10)14/h5-6,15H,2-4,14H2,1H3,(H,17,18). The van der Waals surface area contributed by atoms with Crippen molar-refractivity contribution in [2.45, 2.75) is 13.3 Å². The van der Waals surface area contributed by atoms with Crippen LogP contribution in [0.1, 0.15) is 23.7 Å². The second-order valence-corrected chi connectivity index (χ2v) is 3.71. The van der Waals surface area contributed by atoms with E-state index in [4.69, 9.17) is 15.6 Å². The van der Waals surface area contributed by atoms with Crippen molar-refractivity contribution in [2.24, 2.45) is 0 Å². The van der Waals surface area contributed by atoms with Crippen LogP contribution in [0.15, 0.2) is 12.1 Å². The molecule has 1 aromatic carbocycles. The zero-order chi connectivity index (χ0) is 14.4. The Morgan fingerprint density at radius 3 is 2.74 bits per heavy atom. The van der Waals surface area contributed by atoms with Crippen LogP contribution in [0, 0.1) is 5.82 Å². The summed E-state index contributed by atoms with van der Waals surface area (Å²) in [6, 6.07) is 2.02. The first-order chi connectivity index (χ1) is 8.95. The highest BCUT2D eigenvalue weighted by Gasteiger charge is 2.13. The van der Waals surface area contributed by atoms with Crippen molar-refractivity contribution in [2.75, 3.05) is 24.2 Å². The molecule has 0 heterocycles. The van der Waals surface area contributed by atoms with Crippen LogP contribution in [0.3, 0.4) is 0 Å². The Hall–Kier alpha value is -2.31. The predicted octanol–water partition coefficient (Wildman–Crippen LogP) is 1.47. The maximum atomic E-state index is 13.4. The summed E-state index contributed by atoms with van der Waals surface area (Å²) in [5.74, 6) is -2.65. The SMILES string of the molecule is CCOC(=O)CCNc1cc(F)c(C(=O)O)cc1N. The molecule has 6 nitrogen and oxygen atoms in total. The molecule has 0 unspecified atom stereocenters. The summed E-state index contributed by atoms with van der Waals surface area (Å²) in [7, 11) is 0. The summed E-state index contributed by atoms with van der Waals surface area (Å²) in [4.78, 5) is 21.8. The van der Waals surface area contributed by atoms with E-state index in [9.17, 15) is 14.0 Å². The number of rotatable bonds is 6. The fraction of sp³-hybridized carbons (Fsp3) is 0.333. The number of nitrogen functional groups attached to an aromatic ring is 1. The summed E-state index contributed by atoms with van der Waals surface area (Å²) in [6.07, 6.45) is 0.107. The molecule has 0 bridgehead atoms. The summed E-state index contributed by atoms with van der Waals surface area (Å²) in [5.41, 5.74) is 5.44. The van der Waals surface area contributed by atoms with Gasteiger partial charge in [0.25, 0.3) is 0 Å². The van der Waals surface area contributed by atoms with Gasteiger partial charge in [0, 0.05) is 6.54 Å². The van der Waals surface area contributed by atoms with E-state index in [0.717, 1.165) is 12.1 Å². The number of carboxylic acid groups (broad SMARTS) is 1. The molecule has 0 amide bonds. The number of halogens is 1. The minimum absolute atomic E-state index is 0.0997. The highest BCUT2D eigenvalue weighted by atomic mass is 19.1. The number of nitrogens with two attached hydrogens (primary N) is 1. The van der Waals surface area contributed by atoms with Crippen LogP contribution in [0.4, 0.5) is 15.8 Å². The van der Waals surface area contributed by atoms with Crippen molar-refractivity contribution in [1.29, 1.82) is 0 Å². The molecule has 0 spiro atoms. The molecule has 19 heavy (non-hydrogen) atoms. The number of hydrogen-bond donors (Lipinski definition) is 3. The molecule has 0 aromatic heterocycles. The third-order valence-corrected chi connectivity index (χ3v) is 2.32. The molecule has 0 atom stereocenters. The fourth-order valence-corrected chi connectivity index (χ4v) is 1.44. The zero-order valence-electron chi connectivity index (χ0n) is 10.4. The maximum absolute atomic E-state index is 13.4. The molecular weight excluding hydrogens is 255 g/mol. The van der Waals surface area contributed by atoms with Crippen LogP contribution in [-0.2, 0) is 9.53 Å². The second kappa shape index (κ2) is 6.58. The lowest BCUT2D eigenvalue weighted by Gasteiger charge is -2.10. The van der Waals surface area contributed by atoms with Gasteiger partial charge in [-0.05, 0) is 19.1 Å². The largest absolute Gasteiger partial charge is 0.478 e. The Bertz CT molecular complexity index is 491. The Kier molecular flexibility index (Phi) is 5.11. The summed E-state index contributed by atoms with van der Waals surface area (Å²) < 4.78 is 18.1. The van der Waals surface area contributed by atoms with Gasteiger partial charge in [-0.2, -0.15) is 0 Å². The lowest BCUT2D eigenvalue weighted by molar-refractivity contribution is -0.142. The van der Waals surface area contributed by atoms with Crippen LogP contribution in [0.5, 0.6) is 0 Å². The average molecular weight is 270 g/mol. The average Bonchev–Trinajstić information content (AvgIpc) is 2.33. The number of benzene rings is 1. The lowest BCUT2D eigenvalue weighted by Crippen LogP contribution is -2.13. The first-order valence-corrected chi connectivity index (χ1v) is 5.67. The van der Waals surface area contributed by atoms with Crippen molar-refractivity contribution in [3.63, 3.8) is 0 Å². The van der Waals surface area contributed by atoms with E-state index in [1.54, 1.807) is 6.92 Å². The molecule has 0 aliphatic rings. The molecule has 0 aliphatic heterocycles. The number of ether oxygens (including phenoxy) is 1. The molecule has 1 aromatic rings. The fourth-order valence-electron chi connectivity index (χ4n) is 1.44. The Morgan fingerprint density at radius 2 is 2.16 bits per heavy atom. The quantitative estimate of drug-likeness (QED) is 0.534. The van der Waals surface area contributed by atoms with Crippen molar-refractivity contribution >= 4 is 23.3 Å². The Labute approximate surface area is 109 Å². The van der Waals surface area contributed by atoms with Crippen LogP contribution in [0.25, 0.3) is 0 Å². The molecule has 104 valence electrons. The van der Waals surface area contributed by atoms with Gasteiger partial charge < -0.3 is 20.9 Å². The number of anilines is 2. The molecular formula is C12H15FN2O4. The number of carbonyl (C=O) groups is 2. The van der Waals surface area contributed by atoms with Crippen molar-refractivity contribution < 1.29 is 23.8 Å². The number of nitrogens with one attached hydrogen (secondary N) is 1. The van der Waals surface area contributed by atoms with Crippen LogP contribution in [-0.4, -0.2) is 30.2 Å². The van der Waals surface area contributed by atoms with Crippen LogP contribution >= 0.6 is 0 Å². The Balaban J connectivity index is 2.67.